The maximum atomic E-state index is 13.2. The lowest BCUT2D eigenvalue weighted by molar-refractivity contribution is -0.274. The van der Waals surface area contributed by atoms with Gasteiger partial charge in [0.2, 0.25) is 5.91 Å². The van der Waals surface area contributed by atoms with Gasteiger partial charge in [-0.2, -0.15) is 12.7 Å². The third kappa shape index (κ3) is 4.68. The average Bonchev–Trinajstić information content (AvgIpc) is 3.04. The van der Waals surface area contributed by atoms with Gasteiger partial charge >= 0.3 is 16.6 Å². The molecule has 1 N–H and O–H groups in total. The van der Waals surface area contributed by atoms with Gasteiger partial charge in [0.25, 0.3) is 0 Å². The molecule has 1 spiro atoms. The van der Waals surface area contributed by atoms with Crippen LogP contribution in [0.2, 0.25) is 0 Å². The summed E-state index contributed by atoms with van der Waals surface area (Å²) >= 11 is 0. The molecule has 0 aliphatic carbocycles. The first-order valence-electron chi connectivity index (χ1n) is 10.1. The van der Waals surface area contributed by atoms with Gasteiger partial charge in [-0.05, 0) is 55.7 Å². The molecule has 0 radical (unpaired) electrons. The third-order valence-electron chi connectivity index (χ3n) is 5.93. The van der Waals surface area contributed by atoms with Crippen molar-refractivity contribution >= 4 is 27.5 Å². The van der Waals surface area contributed by atoms with E-state index in [0.717, 1.165) is 0 Å². The average molecular weight is 469 g/mol. The van der Waals surface area contributed by atoms with Gasteiger partial charge in [-0.25, -0.2) is 0 Å². The fourth-order valence-corrected chi connectivity index (χ4v) is 5.46. The highest BCUT2D eigenvalue weighted by Crippen LogP contribution is 2.43. The molecule has 2 heterocycles. The molecule has 2 aromatic rings. The molecule has 0 atom stereocenters. The molecule has 1 amide bonds. The van der Waals surface area contributed by atoms with Crippen molar-refractivity contribution in [3.05, 3.63) is 54.6 Å². The molecular weight excluding hydrogens is 447 g/mol. The Morgan fingerprint density at radius 2 is 1.50 bits per heavy atom. The Hall–Kier alpha value is -2.79. The van der Waals surface area contributed by atoms with Crippen molar-refractivity contribution in [3.63, 3.8) is 0 Å². The Labute approximate surface area is 183 Å². The van der Waals surface area contributed by atoms with E-state index in [1.54, 1.807) is 35.2 Å². The van der Waals surface area contributed by atoms with E-state index in [2.05, 4.69) is 9.46 Å². The van der Waals surface area contributed by atoms with Crippen molar-refractivity contribution < 1.29 is 31.1 Å². The van der Waals surface area contributed by atoms with E-state index in [-0.39, 0.29) is 24.7 Å². The number of hydrogen-bond donors (Lipinski definition) is 1. The second-order valence-electron chi connectivity index (χ2n) is 7.90. The number of piperidine rings is 1. The van der Waals surface area contributed by atoms with E-state index in [0.29, 0.717) is 37.2 Å². The second-order valence-corrected chi connectivity index (χ2v) is 9.57. The predicted molar refractivity (Wildman–Crippen MR) is 112 cm³/mol. The lowest BCUT2D eigenvalue weighted by atomic mass is 9.77. The van der Waals surface area contributed by atoms with E-state index >= 15 is 0 Å². The summed E-state index contributed by atoms with van der Waals surface area (Å²) in [6.45, 7) is 0.841. The van der Waals surface area contributed by atoms with Crippen LogP contribution in [-0.2, 0) is 15.0 Å². The third-order valence-corrected chi connectivity index (χ3v) is 7.47. The Morgan fingerprint density at radius 3 is 2.09 bits per heavy atom. The summed E-state index contributed by atoms with van der Waals surface area (Å²) < 4.78 is 70.2. The molecule has 0 saturated carbocycles. The van der Waals surface area contributed by atoms with Crippen molar-refractivity contribution in [2.24, 2.45) is 5.41 Å². The number of hydrogen-bond acceptors (Lipinski definition) is 4. The molecule has 2 aliphatic rings. The minimum absolute atomic E-state index is 0.130. The normalized spacial score (nSPS) is 19.3. The van der Waals surface area contributed by atoms with Crippen molar-refractivity contribution in [3.8, 4) is 5.75 Å². The van der Waals surface area contributed by atoms with Gasteiger partial charge in [-0.15, -0.1) is 13.2 Å². The summed E-state index contributed by atoms with van der Waals surface area (Å²) in [5.74, 6) is -0.484. The topological polar surface area (TPSA) is 79.0 Å². The Morgan fingerprint density at radius 1 is 0.906 bits per heavy atom. The Kier molecular flexibility index (Phi) is 5.80. The van der Waals surface area contributed by atoms with Gasteiger partial charge in [-0.1, -0.05) is 18.2 Å². The molecule has 0 aromatic heterocycles. The van der Waals surface area contributed by atoms with Crippen molar-refractivity contribution in [1.29, 1.82) is 0 Å². The number of amides is 1. The summed E-state index contributed by atoms with van der Waals surface area (Å²) in [6, 6.07) is 13.8. The Bertz CT molecular complexity index is 1070. The van der Waals surface area contributed by atoms with Crippen LogP contribution >= 0.6 is 0 Å². The highest BCUT2D eigenvalue weighted by molar-refractivity contribution is 7.90. The standard InChI is InChI=1S/C21H22F3N3O4S/c22-21(23,24)31-18-8-6-17(7-9-18)27-15-12-20(19(27)28)10-13-26(14-11-20)32(29,30)25-16-4-2-1-3-5-16/h1-9,25H,10-15H2. The summed E-state index contributed by atoms with van der Waals surface area (Å²) in [5.41, 5.74) is 0.288. The number of alkyl halides is 3. The van der Waals surface area contributed by atoms with Crippen LogP contribution in [0.15, 0.2) is 54.6 Å². The number of nitrogens with zero attached hydrogens (tertiary/aromatic N) is 2. The second kappa shape index (κ2) is 8.28. The predicted octanol–water partition coefficient (Wildman–Crippen LogP) is 3.76. The van der Waals surface area contributed by atoms with E-state index < -0.39 is 22.0 Å². The van der Waals surface area contributed by atoms with Crippen LogP contribution in [0, 0.1) is 5.41 Å². The number of anilines is 2. The van der Waals surface area contributed by atoms with Crippen molar-refractivity contribution in [1.82, 2.24) is 4.31 Å². The molecule has 2 aromatic carbocycles. The summed E-state index contributed by atoms with van der Waals surface area (Å²) in [5, 5.41) is 0. The lowest BCUT2D eigenvalue weighted by Gasteiger charge is -2.37. The highest BCUT2D eigenvalue weighted by atomic mass is 32.2. The van der Waals surface area contributed by atoms with Crippen LogP contribution in [-0.4, -0.2) is 44.6 Å². The van der Waals surface area contributed by atoms with Gasteiger partial charge in [0, 0.05) is 31.0 Å². The number of rotatable bonds is 5. The smallest absolute Gasteiger partial charge is 0.406 e. The number of nitrogens with one attached hydrogen (secondary N) is 1. The zero-order valence-corrected chi connectivity index (χ0v) is 17.8. The lowest BCUT2D eigenvalue weighted by Crippen LogP contribution is -2.48. The number of carbonyl (C=O) groups excluding carboxylic acids is 1. The first-order chi connectivity index (χ1) is 15.1. The zero-order chi connectivity index (χ0) is 23.0. The number of benzene rings is 2. The highest BCUT2D eigenvalue weighted by Gasteiger charge is 2.49. The van der Waals surface area contributed by atoms with Crippen molar-refractivity contribution in [2.45, 2.75) is 25.6 Å². The minimum Gasteiger partial charge on any atom is -0.406 e. The fourth-order valence-electron chi connectivity index (χ4n) is 4.23. The number of ether oxygens (including phenoxy) is 1. The van der Waals surface area contributed by atoms with Crippen LogP contribution in [0.1, 0.15) is 19.3 Å². The minimum atomic E-state index is -4.78. The van der Waals surface area contributed by atoms with Gasteiger partial charge in [-0.3, -0.25) is 9.52 Å². The largest absolute Gasteiger partial charge is 0.573 e. The van der Waals surface area contributed by atoms with E-state index in [4.69, 9.17) is 0 Å². The quantitative estimate of drug-likeness (QED) is 0.723. The molecular formula is C21H22F3N3O4S. The fraction of sp³-hybridized carbons (Fsp3) is 0.381. The van der Waals surface area contributed by atoms with Crippen LogP contribution in [0.3, 0.4) is 0 Å². The van der Waals surface area contributed by atoms with Gasteiger partial charge < -0.3 is 9.64 Å². The molecule has 172 valence electrons. The molecule has 4 rings (SSSR count). The summed E-state index contributed by atoms with van der Waals surface area (Å²) in [6.07, 6.45) is -3.45. The molecule has 11 heteroatoms. The summed E-state index contributed by atoms with van der Waals surface area (Å²) in [7, 11) is -3.73. The van der Waals surface area contributed by atoms with Crippen LogP contribution in [0.25, 0.3) is 0 Å². The molecule has 7 nitrogen and oxygen atoms in total. The Balaban J connectivity index is 1.40. The molecule has 0 unspecified atom stereocenters. The molecule has 0 bridgehead atoms. The maximum Gasteiger partial charge on any atom is 0.573 e. The zero-order valence-electron chi connectivity index (χ0n) is 17.0. The molecule has 2 aliphatic heterocycles. The summed E-state index contributed by atoms with van der Waals surface area (Å²) in [4.78, 5) is 14.7. The number of carbonyl (C=O) groups is 1. The van der Waals surface area contributed by atoms with Crippen LogP contribution < -0.4 is 14.4 Å². The van der Waals surface area contributed by atoms with Gasteiger partial charge in [0.1, 0.15) is 5.75 Å². The van der Waals surface area contributed by atoms with E-state index in [1.807, 2.05) is 0 Å². The van der Waals surface area contributed by atoms with Gasteiger partial charge in [0.05, 0.1) is 5.41 Å². The SMILES string of the molecule is O=C1N(c2ccc(OC(F)(F)F)cc2)CCC12CCN(S(=O)(=O)Nc1ccccc1)CC2. The van der Waals surface area contributed by atoms with Gasteiger partial charge in [0.15, 0.2) is 0 Å². The van der Waals surface area contributed by atoms with Crippen LogP contribution in [0.4, 0.5) is 24.5 Å². The maximum absolute atomic E-state index is 13.2. The molecule has 32 heavy (non-hydrogen) atoms. The number of halogens is 3. The first-order valence-corrected chi connectivity index (χ1v) is 11.5. The number of para-hydroxylation sites is 1. The monoisotopic (exact) mass is 469 g/mol. The van der Waals surface area contributed by atoms with Crippen molar-refractivity contribution in [2.75, 3.05) is 29.3 Å². The van der Waals surface area contributed by atoms with E-state index in [1.165, 1.54) is 28.6 Å². The molecule has 2 saturated heterocycles. The molecule has 2 fully saturated rings. The first kappa shape index (κ1) is 22.4. The van der Waals surface area contributed by atoms with Crippen LogP contribution in [0.5, 0.6) is 5.75 Å². The van der Waals surface area contributed by atoms with E-state index in [9.17, 15) is 26.4 Å².